The number of amides is 1. The fourth-order valence-corrected chi connectivity index (χ4v) is 2.61. The van der Waals surface area contributed by atoms with Crippen LogP contribution in [-0.4, -0.2) is 17.6 Å². The Labute approximate surface area is 123 Å². The number of carbonyl (C=O) groups is 1. The van der Waals surface area contributed by atoms with Gasteiger partial charge in [-0.2, -0.15) is 0 Å². The normalized spacial score (nSPS) is 12.7. The lowest BCUT2D eigenvalue weighted by molar-refractivity contribution is 0.102. The number of anilines is 2. The van der Waals surface area contributed by atoms with E-state index in [9.17, 15) is 9.90 Å². The van der Waals surface area contributed by atoms with E-state index in [0.717, 1.165) is 24.2 Å². The standard InChI is InChI=1S/C17H18N2O2/c1-10-3-5-14(11(2)16(10)20)19-17(21)13-4-6-15-12(9-13)7-8-18-15/h3-6,9,18,20H,7-8H2,1-2H3,(H,19,21). The van der Waals surface area contributed by atoms with Crippen molar-refractivity contribution in [1.29, 1.82) is 0 Å². The number of rotatable bonds is 2. The summed E-state index contributed by atoms with van der Waals surface area (Å²) in [5.41, 5.74) is 5.04. The molecule has 0 atom stereocenters. The summed E-state index contributed by atoms with van der Waals surface area (Å²) in [7, 11) is 0. The Morgan fingerprint density at radius 3 is 2.86 bits per heavy atom. The number of benzene rings is 2. The fourth-order valence-electron chi connectivity index (χ4n) is 2.61. The van der Waals surface area contributed by atoms with Gasteiger partial charge in [0.1, 0.15) is 5.75 Å². The maximum absolute atomic E-state index is 12.3. The SMILES string of the molecule is Cc1ccc(NC(=O)c2ccc3c(c2)CCN3)c(C)c1O. The van der Waals surface area contributed by atoms with Crippen LogP contribution in [0.25, 0.3) is 0 Å². The third-order valence-corrected chi connectivity index (χ3v) is 3.96. The molecule has 0 spiro atoms. The summed E-state index contributed by atoms with van der Waals surface area (Å²) in [6, 6.07) is 9.29. The Balaban J connectivity index is 1.85. The molecule has 1 aliphatic heterocycles. The number of aryl methyl sites for hydroxylation is 1. The first-order valence-electron chi connectivity index (χ1n) is 7.03. The number of fused-ring (bicyclic) bond motifs is 1. The molecule has 2 aromatic carbocycles. The Morgan fingerprint density at radius 1 is 1.24 bits per heavy atom. The monoisotopic (exact) mass is 282 g/mol. The first-order valence-corrected chi connectivity index (χ1v) is 7.03. The van der Waals surface area contributed by atoms with Gasteiger partial charge in [-0.15, -0.1) is 0 Å². The van der Waals surface area contributed by atoms with Gasteiger partial charge in [0.2, 0.25) is 0 Å². The number of phenols is 1. The Kier molecular flexibility index (Phi) is 3.29. The molecule has 0 fully saturated rings. The minimum atomic E-state index is -0.156. The van der Waals surface area contributed by atoms with Crippen molar-refractivity contribution in [2.45, 2.75) is 20.3 Å². The van der Waals surface area contributed by atoms with Gasteiger partial charge in [-0.05, 0) is 55.7 Å². The maximum atomic E-state index is 12.3. The van der Waals surface area contributed by atoms with E-state index in [4.69, 9.17) is 0 Å². The average Bonchev–Trinajstić information content (AvgIpc) is 2.95. The first-order chi connectivity index (χ1) is 10.1. The van der Waals surface area contributed by atoms with Crippen LogP contribution in [0.15, 0.2) is 30.3 Å². The van der Waals surface area contributed by atoms with E-state index in [1.807, 2.05) is 31.2 Å². The van der Waals surface area contributed by atoms with E-state index in [2.05, 4.69) is 10.6 Å². The van der Waals surface area contributed by atoms with E-state index in [-0.39, 0.29) is 11.7 Å². The highest BCUT2D eigenvalue weighted by atomic mass is 16.3. The van der Waals surface area contributed by atoms with Crippen LogP contribution >= 0.6 is 0 Å². The number of nitrogens with one attached hydrogen (secondary N) is 2. The molecule has 1 aliphatic rings. The molecule has 0 aliphatic carbocycles. The van der Waals surface area contributed by atoms with Crippen LogP contribution < -0.4 is 10.6 Å². The minimum Gasteiger partial charge on any atom is -0.507 e. The lowest BCUT2D eigenvalue weighted by atomic mass is 10.1. The zero-order valence-corrected chi connectivity index (χ0v) is 12.2. The van der Waals surface area contributed by atoms with Crippen molar-refractivity contribution in [3.63, 3.8) is 0 Å². The highest BCUT2D eigenvalue weighted by Crippen LogP contribution is 2.29. The molecule has 0 bridgehead atoms. The number of hydrogen-bond donors (Lipinski definition) is 3. The van der Waals surface area contributed by atoms with E-state index in [0.29, 0.717) is 16.8 Å². The summed E-state index contributed by atoms with van der Waals surface area (Å²) in [4.78, 5) is 12.3. The van der Waals surface area contributed by atoms with Crippen LogP contribution in [0.5, 0.6) is 5.75 Å². The highest BCUT2D eigenvalue weighted by molar-refractivity contribution is 6.05. The molecule has 21 heavy (non-hydrogen) atoms. The van der Waals surface area contributed by atoms with Crippen LogP contribution in [0.4, 0.5) is 11.4 Å². The molecule has 1 amide bonds. The van der Waals surface area contributed by atoms with E-state index >= 15 is 0 Å². The third-order valence-electron chi connectivity index (χ3n) is 3.96. The van der Waals surface area contributed by atoms with Gasteiger partial charge in [0.05, 0.1) is 0 Å². The van der Waals surface area contributed by atoms with Gasteiger partial charge in [-0.1, -0.05) is 6.07 Å². The molecular weight excluding hydrogens is 264 g/mol. The van der Waals surface area contributed by atoms with Gasteiger partial charge in [0.15, 0.2) is 0 Å². The Hall–Kier alpha value is -2.49. The second-order valence-electron chi connectivity index (χ2n) is 5.41. The number of phenolic OH excluding ortho intramolecular Hbond substituents is 1. The van der Waals surface area contributed by atoms with E-state index in [1.165, 1.54) is 5.56 Å². The Morgan fingerprint density at radius 2 is 2.05 bits per heavy atom. The van der Waals surface area contributed by atoms with Crippen molar-refractivity contribution in [3.05, 3.63) is 52.6 Å². The molecule has 4 nitrogen and oxygen atoms in total. The lowest BCUT2D eigenvalue weighted by Crippen LogP contribution is -2.13. The summed E-state index contributed by atoms with van der Waals surface area (Å²) < 4.78 is 0. The van der Waals surface area contributed by atoms with Crippen LogP contribution in [0.1, 0.15) is 27.0 Å². The van der Waals surface area contributed by atoms with E-state index < -0.39 is 0 Å². The number of aromatic hydroxyl groups is 1. The second-order valence-corrected chi connectivity index (χ2v) is 5.41. The molecule has 0 unspecified atom stereocenters. The van der Waals surface area contributed by atoms with Gasteiger partial charge in [0.25, 0.3) is 5.91 Å². The van der Waals surface area contributed by atoms with Crippen LogP contribution in [-0.2, 0) is 6.42 Å². The predicted molar refractivity (Wildman–Crippen MR) is 84.2 cm³/mol. The molecule has 3 N–H and O–H groups in total. The van der Waals surface area contributed by atoms with Gasteiger partial charge in [-0.25, -0.2) is 0 Å². The largest absolute Gasteiger partial charge is 0.507 e. The fraction of sp³-hybridized carbons (Fsp3) is 0.235. The van der Waals surface area contributed by atoms with Crippen LogP contribution in [0.3, 0.4) is 0 Å². The van der Waals surface area contributed by atoms with Crippen molar-refractivity contribution in [1.82, 2.24) is 0 Å². The average molecular weight is 282 g/mol. The summed E-state index contributed by atoms with van der Waals surface area (Å²) in [5, 5.41) is 16.1. The summed E-state index contributed by atoms with van der Waals surface area (Å²) in [5.74, 6) is 0.0713. The van der Waals surface area contributed by atoms with Crippen LogP contribution in [0.2, 0.25) is 0 Å². The molecule has 0 radical (unpaired) electrons. The quantitative estimate of drug-likeness (QED) is 0.792. The summed E-state index contributed by atoms with van der Waals surface area (Å²) in [6.45, 7) is 4.55. The molecule has 4 heteroatoms. The van der Waals surface area contributed by atoms with E-state index in [1.54, 1.807) is 13.0 Å². The smallest absolute Gasteiger partial charge is 0.255 e. The van der Waals surface area contributed by atoms with Crippen molar-refractivity contribution in [2.75, 3.05) is 17.2 Å². The van der Waals surface area contributed by atoms with Gasteiger partial charge >= 0.3 is 0 Å². The molecule has 0 saturated heterocycles. The Bertz CT molecular complexity index is 723. The van der Waals surface area contributed by atoms with Crippen molar-refractivity contribution in [2.24, 2.45) is 0 Å². The van der Waals surface area contributed by atoms with Gasteiger partial charge < -0.3 is 15.7 Å². The molecule has 0 aromatic heterocycles. The predicted octanol–water partition coefficient (Wildman–Crippen LogP) is 3.23. The number of carbonyl (C=O) groups excluding carboxylic acids is 1. The topological polar surface area (TPSA) is 61.4 Å². The molecule has 2 aromatic rings. The maximum Gasteiger partial charge on any atom is 0.255 e. The molecule has 1 heterocycles. The minimum absolute atomic E-state index is 0.156. The zero-order valence-electron chi connectivity index (χ0n) is 12.2. The zero-order chi connectivity index (χ0) is 15.0. The molecular formula is C17H18N2O2. The lowest BCUT2D eigenvalue weighted by Gasteiger charge is -2.12. The molecule has 3 rings (SSSR count). The van der Waals surface area contributed by atoms with Crippen molar-refractivity contribution < 1.29 is 9.90 Å². The summed E-state index contributed by atoms with van der Waals surface area (Å²) in [6.07, 6.45) is 0.945. The van der Waals surface area contributed by atoms with Crippen molar-refractivity contribution in [3.8, 4) is 5.75 Å². The summed E-state index contributed by atoms with van der Waals surface area (Å²) >= 11 is 0. The van der Waals surface area contributed by atoms with Gasteiger partial charge in [-0.3, -0.25) is 4.79 Å². The van der Waals surface area contributed by atoms with Gasteiger partial charge in [0, 0.05) is 29.0 Å². The second kappa shape index (κ2) is 5.13. The van der Waals surface area contributed by atoms with Crippen molar-refractivity contribution >= 4 is 17.3 Å². The highest BCUT2D eigenvalue weighted by Gasteiger charge is 2.15. The number of hydrogen-bond acceptors (Lipinski definition) is 3. The van der Waals surface area contributed by atoms with Crippen LogP contribution in [0, 0.1) is 13.8 Å². The molecule has 0 saturated carbocycles. The first kappa shape index (κ1) is 13.5. The third kappa shape index (κ3) is 2.44. The molecule has 108 valence electrons.